The zero-order valence-corrected chi connectivity index (χ0v) is 12.3. The van der Waals surface area contributed by atoms with Crippen LogP contribution in [-0.4, -0.2) is 30.1 Å². The Labute approximate surface area is 108 Å². The van der Waals surface area contributed by atoms with Crippen molar-refractivity contribution in [2.75, 3.05) is 13.1 Å². The van der Waals surface area contributed by atoms with Gasteiger partial charge in [-0.2, -0.15) is 0 Å². The van der Waals surface area contributed by atoms with E-state index in [-0.39, 0.29) is 5.41 Å². The number of likely N-dealkylation sites (tertiary alicyclic amines) is 1. The number of unbranched alkanes of at least 4 members (excludes halogenated alkanes) is 3. The van der Waals surface area contributed by atoms with Gasteiger partial charge in [0.15, 0.2) is 0 Å². The van der Waals surface area contributed by atoms with Gasteiger partial charge in [0.25, 0.3) is 0 Å². The molecule has 2 N–H and O–H groups in total. The van der Waals surface area contributed by atoms with Crippen LogP contribution in [0.2, 0.25) is 0 Å². The van der Waals surface area contributed by atoms with E-state index in [1.165, 1.54) is 45.2 Å². The number of piperidine rings is 1. The SMILES string of the molecule is CCCCCCC(C)N1CCC(N)C(C)(C)C1. The summed E-state index contributed by atoms with van der Waals surface area (Å²) in [5, 5.41) is 0. The highest BCUT2D eigenvalue weighted by Gasteiger charge is 2.34. The summed E-state index contributed by atoms with van der Waals surface area (Å²) in [4.78, 5) is 2.65. The summed E-state index contributed by atoms with van der Waals surface area (Å²) in [6.45, 7) is 11.7. The molecular weight excluding hydrogens is 208 g/mol. The zero-order chi connectivity index (χ0) is 12.9. The van der Waals surface area contributed by atoms with Gasteiger partial charge >= 0.3 is 0 Å². The molecule has 0 bridgehead atoms. The van der Waals surface area contributed by atoms with E-state index in [2.05, 4.69) is 32.6 Å². The maximum atomic E-state index is 6.19. The van der Waals surface area contributed by atoms with Crippen LogP contribution in [0.3, 0.4) is 0 Å². The lowest BCUT2D eigenvalue weighted by atomic mass is 9.79. The number of rotatable bonds is 6. The standard InChI is InChI=1S/C15H32N2/c1-5-6-7-8-9-13(2)17-11-10-14(16)15(3,4)12-17/h13-14H,5-12,16H2,1-4H3. The molecule has 1 rings (SSSR count). The molecule has 0 aliphatic carbocycles. The van der Waals surface area contributed by atoms with Gasteiger partial charge in [-0.1, -0.05) is 46.5 Å². The first-order valence-electron chi connectivity index (χ1n) is 7.47. The molecule has 0 radical (unpaired) electrons. The molecule has 102 valence electrons. The van der Waals surface area contributed by atoms with Gasteiger partial charge in [-0.3, -0.25) is 0 Å². The van der Waals surface area contributed by atoms with E-state index in [1.807, 2.05) is 0 Å². The lowest BCUT2D eigenvalue weighted by Gasteiger charge is -2.45. The molecule has 0 aromatic carbocycles. The van der Waals surface area contributed by atoms with Crippen molar-refractivity contribution in [3.63, 3.8) is 0 Å². The summed E-state index contributed by atoms with van der Waals surface area (Å²) < 4.78 is 0. The Hall–Kier alpha value is -0.0800. The second-order valence-corrected chi connectivity index (χ2v) is 6.55. The number of nitrogens with zero attached hydrogens (tertiary/aromatic N) is 1. The molecule has 17 heavy (non-hydrogen) atoms. The van der Waals surface area contributed by atoms with Gasteiger partial charge in [0.2, 0.25) is 0 Å². The first-order chi connectivity index (χ1) is 7.97. The summed E-state index contributed by atoms with van der Waals surface area (Å²) in [6, 6.07) is 1.12. The van der Waals surface area contributed by atoms with Gasteiger partial charge in [-0.05, 0) is 31.7 Å². The van der Waals surface area contributed by atoms with Crippen LogP contribution < -0.4 is 5.73 Å². The normalized spacial score (nSPS) is 27.0. The predicted octanol–water partition coefficient (Wildman–Crippen LogP) is 3.40. The van der Waals surface area contributed by atoms with Crippen molar-refractivity contribution < 1.29 is 0 Å². The van der Waals surface area contributed by atoms with Crippen LogP contribution in [0.4, 0.5) is 0 Å². The van der Waals surface area contributed by atoms with E-state index < -0.39 is 0 Å². The van der Waals surface area contributed by atoms with Crippen molar-refractivity contribution in [2.24, 2.45) is 11.1 Å². The highest BCUT2D eigenvalue weighted by Crippen LogP contribution is 2.29. The smallest absolute Gasteiger partial charge is 0.0115 e. The number of hydrogen-bond acceptors (Lipinski definition) is 2. The summed E-state index contributed by atoms with van der Waals surface area (Å²) in [7, 11) is 0. The third-order valence-electron chi connectivity index (χ3n) is 4.44. The lowest BCUT2D eigenvalue weighted by molar-refractivity contribution is 0.0628. The van der Waals surface area contributed by atoms with Crippen LogP contribution in [0.1, 0.15) is 66.2 Å². The molecule has 1 saturated heterocycles. The molecule has 2 heteroatoms. The summed E-state index contributed by atoms with van der Waals surface area (Å²) in [5.74, 6) is 0. The fraction of sp³-hybridized carbons (Fsp3) is 1.00. The number of hydrogen-bond donors (Lipinski definition) is 1. The molecule has 0 aromatic rings. The third-order valence-corrected chi connectivity index (χ3v) is 4.44. The fourth-order valence-corrected chi connectivity index (χ4v) is 2.84. The molecule has 1 fully saturated rings. The van der Waals surface area contributed by atoms with Gasteiger partial charge < -0.3 is 10.6 Å². The molecule has 1 aliphatic rings. The minimum Gasteiger partial charge on any atom is -0.327 e. The van der Waals surface area contributed by atoms with E-state index in [9.17, 15) is 0 Å². The van der Waals surface area contributed by atoms with Crippen LogP contribution in [-0.2, 0) is 0 Å². The van der Waals surface area contributed by atoms with E-state index in [4.69, 9.17) is 5.73 Å². The van der Waals surface area contributed by atoms with E-state index in [0.717, 1.165) is 12.5 Å². The Morgan fingerprint density at radius 3 is 2.59 bits per heavy atom. The quantitative estimate of drug-likeness (QED) is 0.721. The maximum absolute atomic E-state index is 6.19. The van der Waals surface area contributed by atoms with E-state index >= 15 is 0 Å². The first kappa shape index (κ1) is 15.0. The summed E-state index contributed by atoms with van der Waals surface area (Å²) in [5.41, 5.74) is 6.48. The third kappa shape index (κ3) is 4.59. The van der Waals surface area contributed by atoms with Crippen LogP contribution in [0, 0.1) is 5.41 Å². The molecule has 0 amide bonds. The Morgan fingerprint density at radius 1 is 1.29 bits per heavy atom. The molecular formula is C15H32N2. The molecule has 2 nitrogen and oxygen atoms in total. The van der Waals surface area contributed by atoms with Crippen molar-refractivity contribution in [2.45, 2.75) is 78.3 Å². The van der Waals surface area contributed by atoms with Crippen molar-refractivity contribution in [1.29, 1.82) is 0 Å². The Kier molecular flexibility index (Phi) is 5.94. The lowest BCUT2D eigenvalue weighted by Crippen LogP contribution is -2.54. The topological polar surface area (TPSA) is 29.3 Å². The first-order valence-corrected chi connectivity index (χ1v) is 7.47. The largest absolute Gasteiger partial charge is 0.327 e. The molecule has 1 heterocycles. The van der Waals surface area contributed by atoms with Gasteiger partial charge in [0.05, 0.1) is 0 Å². The van der Waals surface area contributed by atoms with Crippen LogP contribution in [0.5, 0.6) is 0 Å². The molecule has 0 saturated carbocycles. The minimum atomic E-state index is 0.288. The fourth-order valence-electron chi connectivity index (χ4n) is 2.84. The molecule has 1 aliphatic heterocycles. The Balaban J connectivity index is 2.30. The van der Waals surface area contributed by atoms with Gasteiger partial charge in [0, 0.05) is 18.6 Å². The van der Waals surface area contributed by atoms with Crippen LogP contribution >= 0.6 is 0 Å². The van der Waals surface area contributed by atoms with Gasteiger partial charge in [-0.15, -0.1) is 0 Å². The number of nitrogens with two attached hydrogens (primary N) is 1. The Bertz CT molecular complexity index is 213. The molecule has 0 spiro atoms. The minimum absolute atomic E-state index is 0.288. The zero-order valence-electron chi connectivity index (χ0n) is 12.3. The average molecular weight is 240 g/mol. The molecule has 2 atom stereocenters. The summed E-state index contributed by atoms with van der Waals surface area (Å²) >= 11 is 0. The Morgan fingerprint density at radius 2 is 2.00 bits per heavy atom. The van der Waals surface area contributed by atoms with Gasteiger partial charge in [-0.25, -0.2) is 0 Å². The van der Waals surface area contributed by atoms with Crippen molar-refractivity contribution in [1.82, 2.24) is 4.90 Å². The second kappa shape index (κ2) is 6.75. The summed E-state index contributed by atoms with van der Waals surface area (Å²) in [6.07, 6.45) is 8.02. The van der Waals surface area contributed by atoms with Gasteiger partial charge in [0.1, 0.15) is 0 Å². The van der Waals surface area contributed by atoms with Crippen LogP contribution in [0.15, 0.2) is 0 Å². The van der Waals surface area contributed by atoms with E-state index in [0.29, 0.717) is 6.04 Å². The predicted molar refractivity (Wildman–Crippen MR) is 76.2 cm³/mol. The van der Waals surface area contributed by atoms with E-state index in [1.54, 1.807) is 0 Å². The van der Waals surface area contributed by atoms with Crippen LogP contribution in [0.25, 0.3) is 0 Å². The highest BCUT2D eigenvalue weighted by atomic mass is 15.2. The van der Waals surface area contributed by atoms with Crippen molar-refractivity contribution in [3.05, 3.63) is 0 Å². The maximum Gasteiger partial charge on any atom is 0.0115 e. The molecule has 0 aromatic heterocycles. The highest BCUT2D eigenvalue weighted by molar-refractivity contribution is 4.91. The second-order valence-electron chi connectivity index (χ2n) is 6.55. The molecule has 2 unspecified atom stereocenters. The average Bonchev–Trinajstić information content (AvgIpc) is 2.28. The monoisotopic (exact) mass is 240 g/mol. The van der Waals surface area contributed by atoms with Crippen molar-refractivity contribution >= 4 is 0 Å². The van der Waals surface area contributed by atoms with Crippen molar-refractivity contribution in [3.8, 4) is 0 Å².